The predicted octanol–water partition coefficient (Wildman–Crippen LogP) is 0.925. The highest BCUT2D eigenvalue weighted by Crippen LogP contribution is 2.19. The molecule has 0 unspecified atom stereocenters. The standard InChI is InChI=1S/C16H28N4O2/c21-15(17-14-6-7-14)12-19-8-10-20(11-9-19)16(22)18-13-4-2-1-3-5-13/h13-14H,1-12H2,(H,17,21)(H,18,22). The van der Waals surface area contributed by atoms with Gasteiger partial charge in [-0.05, 0) is 25.7 Å². The van der Waals surface area contributed by atoms with E-state index in [1.807, 2.05) is 4.90 Å². The van der Waals surface area contributed by atoms with E-state index < -0.39 is 0 Å². The van der Waals surface area contributed by atoms with Gasteiger partial charge in [-0.15, -0.1) is 0 Å². The van der Waals surface area contributed by atoms with Crippen LogP contribution in [0.5, 0.6) is 0 Å². The van der Waals surface area contributed by atoms with Gasteiger partial charge in [0.05, 0.1) is 6.54 Å². The molecule has 0 spiro atoms. The number of hydrogen-bond acceptors (Lipinski definition) is 3. The Kier molecular flexibility index (Phi) is 5.18. The van der Waals surface area contributed by atoms with Gasteiger partial charge in [-0.3, -0.25) is 9.69 Å². The maximum Gasteiger partial charge on any atom is 0.317 e. The third kappa shape index (κ3) is 4.60. The lowest BCUT2D eigenvalue weighted by molar-refractivity contribution is -0.122. The lowest BCUT2D eigenvalue weighted by Gasteiger charge is -2.35. The van der Waals surface area contributed by atoms with Crippen molar-refractivity contribution in [2.24, 2.45) is 0 Å². The number of urea groups is 1. The Labute approximate surface area is 132 Å². The maximum atomic E-state index is 12.3. The minimum Gasteiger partial charge on any atom is -0.352 e. The molecule has 6 nitrogen and oxygen atoms in total. The van der Waals surface area contributed by atoms with Gasteiger partial charge >= 0.3 is 6.03 Å². The Hall–Kier alpha value is -1.30. The highest BCUT2D eigenvalue weighted by atomic mass is 16.2. The average molecular weight is 308 g/mol. The molecule has 2 aliphatic carbocycles. The van der Waals surface area contributed by atoms with Gasteiger partial charge in [-0.2, -0.15) is 0 Å². The fourth-order valence-corrected chi connectivity index (χ4v) is 3.33. The molecular formula is C16H28N4O2. The van der Waals surface area contributed by atoms with Crippen LogP contribution >= 0.6 is 0 Å². The second-order valence-electron chi connectivity index (χ2n) is 6.89. The third-order valence-corrected chi connectivity index (χ3v) is 4.90. The summed E-state index contributed by atoms with van der Waals surface area (Å²) in [6.07, 6.45) is 8.25. The molecule has 1 saturated heterocycles. The van der Waals surface area contributed by atoms with E-state index in [-0.39, 0.29) is 11.9 Å². The van der Waals surface area contributed by atoms with Crippen molar-refractivity contribution in [2.45, 2.75) is 57.0 Å². The van der Waals surface area contributed by atoms with Crippen molar-refractivity contribution >= 4 is 11.9 Å². The molecule has 3 amide bonds. The van der Waals surface area contributed by atoms with Gasteiger partial charge < -0.3 is 15.5 Å². The number of piperazine rings is 1. The molecule has 3 aliphatic rings. The lowest BCUT2D eigenvalue weighted by atomic mass is 9.96. The molecule has 0 atom stereocenters. The highest BCUT2D eigenvalue weighted by molar-refractivity contribution is 5.78. The minimum atomic E-state index is 0.0778. The number of hydrogen-bond donors (Lipinski definition) is 2. The van der Waals surface area contributed by atoms with E-state index in [1.54, 1.807) is 0 Å². The first-order chi connectivity index (χ1) is 10.7. The Morgan fingerprint density at radius 3 is 2.09 bits per heavy atom. The van der Waals surface area contributed by atoms with Crippen LogP contribution in [-0.4, -0.2) is 66.5 Å². The molecule has 0 radical (unpaired) electrons. The van der Waals surface area contributed by atoms with E-state index in [1.165, 1.54) is 19.3 Å². The van der Waals surface area contributed by atoms with Crippen LogP contribution in [0.4, 0.5) is 4.79 Å². The summed E-state index contributed by atoms with van der Waals surface area (Å²) >= 11 is 0. The van der Waals surface area contributed by atoms with Crippen molar-refractivity contribution in [1.29, 1.82) is 0 Å². The van der Waals surface area contributed by atoms with Gasteiger partial charge in [0.1, 0.15) is 0 Å². The fraction of sp³-hybridized carbons (Fsp3) is 0.875. The quantitative estimate of drug-likeness (QED) is 0.812. The Bertz CT molecular complexity index is 397. The zero-order valence-corrected chi connectivity index (χ0v) is 13.4. The zero-order valence-electron chi connectivity index (χ0n) is 13.4. The summed E-state index contributed by atoms with van der Waals surface area (Å²) in [5.41, 5.74) is 0. The smallest absolute Gasteiger partial charge is 0.317 e. The largest absolute Gasteiger partial charge is 0.352 e. The van der Waals surface area contributed by atoms with E-state index in [9.17, 15) is 9.59 Å². The molecule has 0 aromatic rings. The normalized spacial score (nSPS) is 24.1. The third-order valence-electron chi connectivity index (χ3n) is 4.90. The van der Waals surface area contributed by atoms with E-state index >= 15 is 0 Å². The van der Waals surface area contributed by atoms with Crippen LogP contribution in [0.1, 0.15) is 44.9 Å². The minimum absolute atomic E-state index is 0.0778. The Balaban J connectivity index is 1.35. The van der Waals surface area contributed by atoms with E-state index in [0.29, 0.717) is 18.6 Å². The van der Waals surface area contributed by atoms with Crippen LogP contribution in [0.3, 0.4) is 0 Å². The monoisotopic (exact) mass is 308 g/mol. The maximum absolute atomic E-state index is 12.3. The van der Waals surface area contributed by atoms with Gasteiger partial charge in [0, 0.05) is 38.3 Å². The van der Waals surface area contributed by atoms with Crippen molar-refractivity contribution in [3.63, 3.8) is 0 Å². The van der Waals surface area contributed by atoms with Crippen molar-refractivity contribution in [2.75, 3.05) is 32.7 Å². The van der Waals surface area contributed by atoms with E-state index in [0.717, 1.165) is 51.9 Å². The van der Waals surface area contributed by atoms with Crippen LogP contribution in [0.15, 0.2) is 0 Å². The molecule has 0 bridgehead atoms. The highest BCUT2D eigenvalue weighted by Gasteiger charge is 2.27. The molecule has 6 heteroatoms. The van der Waals surface area contributed by atoms with Crippen LogP contribution in [0.25, 0.3) is 0 Å². The van der Waals surface area contributed by atoms with Crippen molar-refractivity contribution in [1.82, 2.24) is 20.4 Å². The summed E-state index contributed by atoms with van der Waals surface area (Å²) in [6, 6.07) is 0.868. The van der Waals surface area contributed by atoms with Gasteiger partial charge in [-0.25, -0.2) is 4.79 Å². The molecule has 1 aliphatic heterocycles. The molecule has 3 fully saturated rings. The zero-order chi connectivity index (χ0) is 15.4. The van der Waals surface area contributed by atoms with E-state index in [2.05, 4.69) is 15.5 Å². The summed E-state index contributed by atoms with van der Waals surface area (Å²) < 4.78 is 0. The summed E-state index contributed by atoms with van der Waals surface area (Å²) in [5.74, 6) is 0.127. The number of nitrogens with one attached hydrogen (secondary N) is 2. The lowest BCUT2D eigenvalue weighted by Crippen LogP contribution is -2.55. The second-order valence-corrected chi connectivity index (χ2v) is 6.89. The van der Waals surface area contributed by atoms with Crippen LogP contribution in [0, 0.1) is 0 Å². The Morgan fingerprint density at radius 2 is 1.45 bits per heavy atom. The molecule has 3 rings (SSSR count). The molecule has 0 aromatic heterocycles. The molecular weight excluding hydrogens is 280 g/mol. The molecule has 2 saturated carbocycles. The van der Waals surface area contributed by atoms with E-state index in [4.69, 9.17) is 0 Å². The molecule has 0 aromatic carbocycles. The number of rotatable bonds is 4. The fourth-order valence-electron chi connectivity index (χ4n) is 3.33. The predicted molar refractivity (Wildman–Crippen MR) is 84.6 cm³/mol. The molecule has 22 heavy (non-hydrogen) atoms. The number of carbonyl (C=O) groups excluding carboxylic acids is 2. The first-order valence-electron chi connectivity index (χ1n) is 8.78. The molecule has 124 valence electrons. The summed E-state index contributed by atoms with van der Waals surface area (Å²) in [5, 5.41) is 6.18. The van der Waals surface area contributed by atoms with Gasteiger partial charge in [0.15, 0.2) is 0 Å². The van der Waals surface area contributed by atoms with Crippen molar-refractivity contribution in [3.05, 3.63) is 0 Å². The first kappa shape index (κ1) is 15.6. The average Bonchev–Trinajstić information content (AvgIpc) is 3.32. The van der Waals surface area contributed by atoms with Gasteiger partial charge in [0.2, 0.25) is 5.91 Å². The summed E-state index contributed by atoms with van der Waals surface area (Å²) in [6.45, 7) is 3.48. The number of nitrogens with zero attached hydrogens (tertiary/aromatic N) is 2. The first-order valence-corrected chi connectivity index (χ1v) is 8.78. The van der Waals surface area contributed by atoms with Crippen LogP contribution in [0.2, 0.25) is 0 Å². The topological polar surface area (TPSA) is 64.7 Å². The summed E-state index contributed by atoms with van der Waals surface area (Å²) in [7, 11) is 0. The van der Waals surface area contributed by atoms with Crippen LogP contribution in [-0.2, 0) is 4.79 Å². The van der Waals surface area contributed by atoms with Crippen molar-refractivity contribution in [3.8, 4) is 0 Å². The number of carbonyl (C=O) groups is 2. The van der Waals surface area contributed by atoms with Gasteiger partial charge in [0.25, 0.3) is 0 Å². The summed E-state index contributed by atoms with van der Waals surface area (Å²) in [4.78, 5) is 28.1. The van der Waals surface area contributed by atoms with Crippen LogP contribution < -0.4 is 10.6 Å². The molecule has 2 N–H and O–H groups in total. The van der Waals surface area contributed by atoms with Crippen molar-refractivity contribution < 1.29 is 9.59 Å². The Morgan fingerprint density at radius 1 is 0.818 bits per heavy atom. The number of amides is 3. The second kappa shape index (κ2) is 7.31. The van der Waals surface area contributed by atoms with Gasteiger partial charge in [-0.1, -0.05) is 19.3 Å². The SMILES string of the molecule is O=C(CN1CCN(C(=O)NC2CCCCC2)CC1)NC1CC1. The molecule has 1 heterocycles.